The van der Waals surface area contributed by atoms with Crippen LogP contribution >= 0.6 is 0 Å². The van der Waals surface area contributed by atoms with Gasteiger partial charge in [-0.05, 0) is 36.6 Å². The SMILES string of the molecule is O=C(N1CCOC(c2cccc(O)c2)C1)C1(c2ccc(F)cc2F)CCCC1. The van der Waals surface area contributed by atoms with Crippen LogP contribution in [0.4, 0.5) is 8.78 Å². The molecule has 2 aromatic rings. The third-order valence-corrected chi connectivity index (χ3v) is 5.91. The van der Waals surface area contributed by atoms with Crippen molar-refractivity contribution >= 4 is 5.91 Å². The minimum absolute atomic E-state index is 0.121. The fourth-order valence-corrected chi connectivity index (χ4v) is 4.52. The summed E-state index contributed by atoms with van der Waals surface area (Å²) in [7, 11) is 0. The van der Waals surface area contributed by atoms with Crippen molar-refractivity contribution in [2.75, 3.05) is 19.7 Å². The summed E-state index contributed by atoms with van der Waals surface area (Å²) in [5, 5.41) is 9.73. The first kappa shape index (κ1) is 18.9. The van der Waals surface area contributed by atoms with Crippen LogP contribution in [-0.2, 0) is 14.9 Å². The van der Waals surface area contributed by atoms with E-state index in [1.165, 1.54) is 12.1 Å². The summed E-state index contributed by atoms with van der Waals surface area (Å²) < 4.78 is 33.8. The molecule has 0 aromatic heterocycles. The van der Waals surface area contributed by atoms with Crippen LogP contribution in [0.2, 0.25) is 0 Å². The van der Waals surface area contributed by atoms with E-state index in [1.807, 2.05) is 6.07 Å². The molecule has 28 heavy (non-hydrogen) atoms. The van der Waals surface area contributed by atoms with Gasteiger partial charge in [-0.15, -0.1) is 0 Å². The molecule has 1 unspecified atom stereocenters. The van der Waals surface area contributed by atoms with Gasteiger partial charge in [0.1, 0.15) is 23.5 Å². The molecule has 2 aromatic carbocycles. The number of nitrogens with zero attached hydrogens (tertiary/aromatic N) is 1. The van der Waals surface area contributed by atoms with Crippen molar-refractivity contribution in [1.29, 1.82) is 0 Å². The lowest BCUT2D eigenvalue weighted by atomic mass is 9.77. The number of aromatic hydroxyl groups is 1. The first-order chi connectivity index (χ1) is 13.5. The number of phenolic OH excluding ortho intramolecular Hbond substituents is 1. The number of carbonyl (C=O) groups is 1. The summed E-state index contributed by atoms with van der Waals surface area (Å²) in [6.07, 6.45) is 2.44. The third kappa shape index (κ3) is 3.37. The van der Waals surface area contributed by atoms with E-state index >= 15 is 0 Å². The van der Waals surface area contributed by atoms with Gasteiger partial charge in [0.15, 0.2) is 0 Å². The van der Waals surface area contributed by atoms with Gasteiger partial charge in [0.05, 0.1) is 18.6 Å². The number of morpholine rings is 1. The third-order valence-electron chi connectivity index (χ3n) is 5.91. The minimum atomic E-state index is -0.946. The fraction of sp³-hybridized carbons (Fsp3) is 0.409. The smallest absolute Gasteiger partial charge is 0.233 e. The number of carbonyl (C=O) groups excluding carboxylic acids is 1. The zero-order chi connectivity index (χ0) is 19.7. The fourth-order valence-electron chi connectivity index (χ4n) is 4.52. The molecule has 1 saturated heterocycles. The standard InChI is InChI=1S/C22H23F2NO3/c23-16-6-7-18(19(24)13-16)22(8-1-2-9-22)21(27)25-10-11-28-20(14-25)15-4-3-5-17(26)12-15/h3-7,12-13,20,26H,1-2,8-11,14H2. The number of ether oxygens (including phenoxy) is 1. The van der Waals surface area contributed by atoms with Gasteiger partial charge in [0, 0.05) is 18.2 Å². The number of hydrogen-bond donors (Lipinski definition) is 1. The highest BCUT2D eigenvalue weighted by Gasteiger charge is 2.47. The highest BCUT2D eigenvalue weighted by atomic mass is 19.1. The van der Waals surface area contributed by atoms with Crippen molar-refractivity contribution in [3.05, 3.63) is 65.2 Å². The predicted octanol–water partition coefficient (Wildman–Crippen LogP) is 4.08. The Morgan fingerprint density at radius 1 is 1.14 bits per heavy atom. The quantitative estimate of drug-likeness (QED) is 0.863. The number of rotatable bonds is 3. The summed E-state index contributed by atoms with van der Waals surface area (Å²) in [6.45, 7) is 1.14. The molecular formula is C22H23F2NO3. The van der Waals surface area contributed by atoms with E-state index in [2.05, 4.69) is 0 Å². The summed E-state index contributed by atoms with van der Waals surface area (Å²) in [5.74, 6) is -1.28. The van der Waals surface area contributed by atoms with Gasteiger partial charge < -0.3 is 14.7 Å². The Morgan fingerprint density at radius 2 is 1.93 bits per heavy atom. The van der Waals surface area contributed by atoms with Crippen LogP contribution in [0.25, 0.3) is 0 Å². The van der Waals surface area contributed by atoms with Gasteiger partial charge in [0.2, 0.25) is 5.91 Å². The Balaban J connectivity index is 1.62. The average Bonchev–Trinajstić information content (AvgIpc) is 3.18. The normalized spacial score (nSPS) is 21.6. The number of halogens is 2. The van der Waals surface area contributed by atoms with E-state index in [-0.39, 0.29) is 23.3 Å². The van der Waals surface area contributed by atoms with Crippen molar-refractivity contribution in [1.82, 2.24) is 4.90 Å². The number of benzene rings is 2. The van der Waals surface area contributed by atoms with Crippen LogP contribution in [0.3, 0.4) is 0 Å². The molecule has 0 spiro atoms. The van der Waals surface area contributed by atoms with Gasteiger partial charge >= 0.3 is 0 Å². The zero-order valence-electron chi connectivity index (χ0n) is 15.5. The second kappa shape index (κ2) is 7.51. The van der Waals surface area contributed by atoms with Gasteiger partial charge in [-0.2, -0.15) is 0 Å². The summed E-state index contributed by atoms with van der Waals surface area (Å²) in [6, 6.07) is 10.3. The number of amides is 1. The first-order valence-electron chi connectivity index (χ1n) is 9.65. The molecule has 6 heteroatoms. The van der Waals surface area contributed by atoms with Crippen molar-refractivity contribution in [2.24, 2.45) is 0 Å². The van der Waals surface area contributed by atoms with Gasteiger partial charge in [-0.25, -0.2) is 8.78 Å². The van der Waals surface area contributed by atoms with Crippen molar-refractivity contribution < 1.29 is 23.4 Å². The van der Waals surface area contributed by atoms with E-state index in [0.717, 1.165) is 24.5 Å². The molecule has 1 N–H and O–H groups in total. The topological polar surface area (TPSA) is 49.8 Å². The Hall–Kier alpha value is -2.47. The second-order valence-electron chi connectivity index (χ2n) is 7.62. The van der Waals surface area contributed by atoms with E-state index in [0.29, 0.717) is 32.5 Å². The molecule has 1 saturated carbocycles. The van der Waals surface area contributed by atoms with Gasteiger partial charge in [-0.1, -0.05) is 31.0 Å². The minimum Gasteiger partial charge on any atom is -0.508 e. The maximum Gasteiger partial charge on any atom is 0.233 e. The Bertz CT molecular complexity index is 880. The van der Waals surface area contributed by atoms with Crippen molar-refractivity contribution in [2.45, 2.75) is 37.2 Å². The molecule has 1 amide bonds. The molecule has 1 atom stereocenters. The molecule has 0 bridgehead atoms. The molecular weight excluding hydrogens is 364 g/mol. The largest absolute Gasteiger partial charge is 0.508 e. The molecule has 1 aliphatic carbocycles. The van der Waals surface area contributed by atoms with E-state index in [1.54, 1.807) is 23.1 Å². The van der Waals surface area contributed by atoms with Crippen LogP contribution in [0.1, 0.15) is 42.9 Å². The number of hydrogen-bond acceptors (Lipinski definition) is 3. The van der Waals surface area contributed by atoms with Crippen LogP contribution in [0, 0.1) is 11.6 Å². The maximum atomic E-state index is 14.6. The molecule has 2 fully saturated rings. The Labute approximate surface area is 162 Å². The lowest BCUT2D eigenvalue weighted by Gasteiger charge is -2.39. The molecule has 4 nitrogen and oxygen atoms in total. The molecule has 148 valence electrons. The second-order valence-corrected chi connectivity index (χ2v) is 7.62. The van der Waals surface area contributed by atoms with Crippen LogP contribution in [0.5, 0.6) is 5.75 Å². The highest BCUT2D eigenvalue weighted by molar-refractivity contribution is 5.89. The highest BCUT2D eigenvalue weighted by Crippen LogP contribution is 2.44. The summed E-state index contributed by atoms with van der Waals surface area (Å²) >= 11 is 0. The van der Waals surface area contributed by atoms with Gasteiger partial charge in [-0.3, -0.25) is 4.79 Å². The van der Waals surface area contributed by atoms with Crippen molar-refractivity contribution in [3.63, 3.8) is 0 Å². The maximum absolute atomic E-state index is 14.6. The Kier molecular flexibility index (Phi) is 5.06. The average molecular weight is 387 g/mol. The molecule has 4 rings (SSSR count). The first-order valence-corrected chi connectivity index (χ1v) is 9.65. The van der Waals surface area contributed by atoms with Crippen LogP contribution in [0.15, 0.2) is 42.5 Å². The lowest BCUT2D eigenvalue weighted by molar-refractivity contribution is -0.145. The van der Waals surface area contributed by atoms with Crippen LogP contribution in [-0.4, -0.2) is 35.6 Å². The molecule has 1 aliphatic heterocycles. The molecule has 0 radical (unpaired) electrons. The van der Waals surface area contributed by atoms with Gasteiger partial charge in [0.25, 0.3) is 0 Å². The summed E-state index contributed by atoms with van der Waals surface area (Å²) in [4.78, 5) is 15.3. The monoisotopic (exact) mass is 387 g/mol. The van der Waals surface area contributed by atoms with E-state index in [4.69, 9.17) is 4.74 Å². The van der Waals surface area contributed by atoms with Crippen molar-refractivity contribution in [3.8, 4) is 5.75 Å². The lowest BCUT2D eigenvalue weighted by Crippen LogP contribution is -2.50. The Morgan fingerprint density at radius 3 is 2.64 bits per heavy atom. The van der Waals surface area contributed by atoms with E-state index < -0.39 is 17.0 Å². The summed E-state index contributed by atoms with van der Waals surface area (Å²) in [5.41, 5.74) is 0.140. The van der Waals surface area contributed by atoms with E-state index in [9.17, 15) is 18.7 Å². The molecule has 1 heterocycles. The predicted molar refractivity (Wildman–Crippen MR) is 99.9 cm³/mol. The molecule has 2 aliphatic rings. The van der Waals surface area contributed by atoms with Crippen LogP contribution < -0.4 is 0 Å². The number of phenols is 1. The zero-order valence-corrected chi connectivity index (χ0v) is 15.5.